The smallest absolute Gasteiger partial charge is 0.341 e. The first-order valence-electron chi connectivity index (χ1n) is 10.3. The highest BCUT2D eigenvalue weighted by molar-refractivity contribution is 5.82. The van der Waals surface area contributed by atoms with E-state index in [-0.39, 0.29) is 5.63 Å². The Labute approximate surface area is 159 Å². The SMILES string of the molecule is COc1ccc2c3c(c(=O)oc2c1)CN(CCC1NC2CCC1CC2)CC3. The van der Waals surface area contributed by atoms with Gasteiger partial charge in [-0.05, 0) is 68.7 Å². The molecule has 2 aromatic rings. The van der Waals surface area contributed by atoms with Gasteiger partial charge in [-0.1, -0.05) is 0 Å². The Kier molecular flexibility index (Phi) is 4.44. The lowest BCUT2D eigenvalue weighted by atomic mass is 9.75. The molecule has 2 saturated heterocycles. The molecular formula is C22H28N2O3. The molecule has 0 amide bonds. The molecule has 27 heavy (non-hydrogen) atoms. The fourth-order valence-electron chi connectivity index (χ4n) is 5.39. The molecule has 2 bridgehead atoms. The van der Waals surface area contributed by atoms with Gasteiger partial charge in [0.2, 0.25) is 0 Å². The number of hydrogen-bond donors (Lipinski definition) is 1. The molecule has 144 valence electrons. The monoisotopic (exact) mass is 368 g/mol. The molecular weight excluding hydrogens is 340 g/mol. The van der Waals surface area contributed by atoms with Crippen molar-refractivity contribution in [3.8, 4) is 5.75 Å². The summed E-state index contributed by atoms with van der Waals surface area (Å²) in [5, 5.41) is 4.89. The summed E-state index contributed by atoms with van der Waals surface area (Å²) in [4.78, 5) is 15.0. The zero-order valence-electron chi connectivity index (χ0n) is 16.0. The van der Waals surface area contributed by atoms with Crippen LogP contribution < -0.4 is 15.7 Å². The summed E-state index contributed by atoms with van der Waals surface area (Å²) in [6, 6.07) is 7.19. The maximum Gasteiger partial charge on any atom is 0.341 e. The average molecular weight is 368 g/mol. The van der Waals surface area contributed by atoms with Gasteiger partial charge in [-0.3, -0.25) is 4.90 Å². The van der Waals surface area contributed by atoms with Crippen molar-refractivity contribution in [1.29, 1.82) is 0 Å². The molecule has 1 saturated carbocycles. The lowest BCUT2D eigenvalue weighted by Gasteiger charge is -2.44. The van der Waals surface area contributed by atoms with E-state index in [4.69, 9.17) is 9.15 Å². The Morgan fingerprint density at radius 1 is 1.22 bits per heavy atom. The predicted octanol–water partition coefficient (Wildman–Crippen LogP) is 3.08. The predicted molar refractivity (Wildman–Crippen MR) is 105 cm³/mol. The number of ether oxygens (including phenoxy) is 1. The number of nitrogens with one attached hydrogen (secondary N) is 1. The number of methoxy groups -OCH3 is 1. The van der Waals surface area contributed by atoms with Crippen LogP contribution in [-0.4, -0.2) is 37.2 Å². The van der Waals surface area contributed by atoms with Gasteiger partial charge in [0, 0.05) is 36.6 Å². The van der Waals surface area contributed by atoms with Crippen LogP contribution in [0.25, 0.3) is 11.0 Å². The molecule has 1 aromatic carbocycles. The van der Waals surface area contributed by atoms with Crippen LogP contribution in [0.3, 0.4) is 0 Å². The fourth-order valence-corrected chi connectivity index (χ4v) is 5.39. The fraction of sp³-hybridized carbons (Fsp3) is 0.591. The molecule has 0 spiro atoms. The first kappa shape index (κ1) is 17.3. The van der Waals surface area contributed by atoms with Crippen molar-refractivity contribution >= 4 is 11.0 Å². The van der Waals surface area contributed by atoms with E-state index in [0.717, 1.165) is 53.7 Å². The third-order valence-electron chi connectivity index (χ3n) is 6.93. The standard InChI is InChI=1S/C22H28N2O3/c1-26-16-6-7-18-17-8-10-24(13-19(17)22(25)27-21(18)12-16)11-9-20-14-2-4-15(23-20)5-3-14/h6-7,12,14-15,20,23H,2-5,8-11,13H2,1H3. The Hall–Kier alpha value is -1.85. The van der Waals surface area contributed by atoms with Crippen molar-refractivity contribution in [2.75, 3.05) is 20.2 Å². The minimum absolute atomic E-state index is 0.190. The average Bonchev–Trinajstić information content (AvgIpc) is 2.73. The third kappa shape index (κ3) is 3.17. The molecule has 1 atom stereocenters. The molecule has 0 radical (unpaired) electrons. The van der Waals surface area contributed by atoms with Gasteiger partial charge < -0.3 is 14.5 Å². The Morgan fingerprint density at radius 3 is 2.81 bits per heavy atom. The highest BCUT2D eigenvalue weighted by Crippen LogP contribution is 2.34. The number of fused-ring (bicyclic) bond motifs is 6. The summed E-state index contributed by atoms with van der Waals surface area (Å²) >= 11 is 0. The molecule has 5 heteroatoms. The highest BCUT2D eigenvalue weighted by Gasteiger charge is 2.35. The number of piperidine rings is 2. The molecule has 1 aromatic heterocycles. The molecule has 3 fully saturated rings. The molecule has 1 N–H and O–H groups in total. The summed E-state index contributed by atoms with van der Waals surface area (Å²) in [5.74, 6) is 1.58. The topological polar surface area (TPSA) is 54.7 Å². The Morgan fingerprint density at radius 2 is 2.07 bits per heavy atom. The summed E-state index contributed by atoms with van der Waals surface area (Å²) in [6.07, 6.45) is 7.60. The number of nitrogens with zero attached hydrogens (tertiary/aromatic N) is 1. The van der Waals surface area contributed by atoms with Gasteiger partial charge in [-0.2, -0.15) is 0 Å². The van der Waals surface area contributed by atoms with Crippen molar-refractivity contribution in [2.45, 2.75) is 57.2 Å². The molecule has 1 aliphatic carbocycles. The summed E-state index contributed by atoms with van der Waals surface area (Å²) < 4.78 is 10.9. The maximum absolute atomic E-state index is 12.6. The van der Waals surface area contributed by atoms with E-state index < -0.39 is 0 Å². The number of benzene rings is 1. The van der Waals surface area contributed by atoms with Crippen LogP contribution in [0, 0.1) is 5.92 Å². The zero-order valence-corrected chi connectivity index (χ0v) is 16.0. The van der Waals surface area contributed by atoms with E-state index in [1.807, 2.05) is 18.2 Å². The molecule has 5 nitrogen and oxygen atoms in total. The van der Waals surface area contributed by atoms with Gasteiger partial charge in [0.15, 0.2) is 0 Å². The molecule has 6 rings (SSSR count). The normalized spacial score (nSPS) is 27.7. The first-order valence-corrected chi connectivity index (χ1v) is 10.3. The molecule has 4 heterocycles. The quantitative estimate of drug-likeness (QED) is 0.841. The second kappa shape index (κ2) is 6.95. The van der Waals surface area contributed by atoms with Crippen molar-refractivity contribution in [1.82, 2.24) is 10.2 Å². The maximum atomic E-state index is 12.6. The lowest BCUT2D eigenvalue weighted by Crippen LogP contribution is -2.53. The Bertz CT molecular complexity index is 898. The van der Waals surface area contributed by atoms with Crippen LogP contribution in [-0.2, 0) is 13.0 Å². The van der Waals surface area contributed by atoms with Crippen molar-refractivity contribution in [3.63, 3.8) is 0 Å². The summed E-state index contributed by atoms with van der Waals surface area (Å²) in [7, 11) is 1.63. The van der Waals surface area contributed by atoms with Crippen LogP contribution >= 0.6 is 0 Å². The molecule has 4 aliphatic rings. The lowest BCUT2D eigenvalue weighted by molar-refractivity contribution is 0.126. The molecule has 1 unspecified atom stereocenters. The minimum atomic E-state index is -0.190. The van der Waals surface area contributed by atoms with E-state index in [1.165, 1.54) is 32.1 Å². The molecule has 3 aliphatic heterocycles. The number of rotatable bonds is 4. The van der Waals surface area contributed by atoms with Crippen LogP contribution in [0.5, 0.6) is 5.75 Å². The zero-order chi connectivity index (χ0) is 18.4. The van der Waals surface area contributed by atoms with Crippen LogP contribution in [0.15, 0.2) is 27.4 Å². The van der Waals surface area contributed by atoms with Crippen LogP contribution in [0.2, 0.25) is 0 Å². The van der Waals surface area contributed by atoms with Crippen LogP contribution in [0.1, 0.15) is 43.2 Å². The van der Waals surface area contributed by atoms with Gasteiger partial charge in [0.05, 0.1) is 12.7 Å². The van der Waals surface area contributed by atoms with E-state index in [1.54, 1.807) is 7.11 Å². The van der Waals surface area contributed by atoms with E-state index in [9.17, 15) is 4.79 Å². The van der Waals surface area contributed by atoms with Crippen molar-refractivity contribution in [3.05, 3.63) is 39.7 Å². The summed E-state index contributed by atoms with van der Waals surface area (Å²) in [6.45, 7) is 2.78. The largest absolute Gasteiger partial charge is 0.497 e. The van der Waals surface area contributed by atoms with Gasteiger partial charge in [-0.15, -0.1) is 0 Å². The summed E-state index contributed by atoms with van der Waals surface area (Å²) in [5.41, 5.74) is 2.45. The third-order valence-corrected chi connectivity index (χ3v) is 6.93. The van der Waals surface area contributed by atoms with Gasteiger partial charge in [0.25, 0.3) is 0 Å². The van der Waals surface area contributed by atoms with Crippen molar-refractivity contribution in [2.24, 2.45) is 5.92 Å². The minimum Gasteiger partial charge on any atom is -0.497 e. The van der Waals surface area contributed by atoms with E-state index >= 15 is 0 Å². The van der Waals surface area contributed by atoms with Gasteiger partial charge in [0.1, 0.15) is 11.3 Å². The van der Waals surface area contributed by atoms with Crippen molar-refractivity contribution < 1.29 is 9.15 Å². The Balaban J connectivity index is 1.32. The van der Waals surface area contributed by atoms with Gasteiger partial charge >= 0.3 is 5.63 Å². The second-order valence-corrected chi connectivity index (χ2v) is 8.41. The number of hydrogen-bond acceptors (Lipinski definition) is 5. The van der Waals surface area contributed by atoms with E-state index in [2.05, 4.69) is 10.2 Å². The van der Waals surface area contributed by atoms with Crippen LogP contribution in [0.4, 0.5) is 0 Å². The second-order valence-electron chi connectivity index (χ2n) is 8.41. The van der Waals surface area contributed by atoms with Gasteiger partial charge in [-0.25, -0.2) is 4.79 Å². The van der Waals surface area contributed by atoms with E-state index in [0.29, 0.717) is 18.2 Å². The first-order chi connectivity index (χ1) is 13.2. The highest BCUT2D eigenvalue weighted by atomic mass is 16.5.